The zero-order valence-electron chi connectivity index (χ0n) is 15.0. The fourth-order valence-electron chi connectivity index (χ4n) is 4.04. The van der Waals surface area contributed by atoms with Crippen molar-refractivity contribution in [1.29, 1.82) is 0 Å². The van der Waals surface area contributed by atoms with E-state index in [2.05, 4.69) is 31.2 Å². The van der Waals surface area contributed by atoms with Gasteiger partial charge in [-0.2, -0.15) is 8.78 Å². The van der Waals surface area contributed by atoms with Crippen molar-refractivity contribution in [2.24, 2.45) is 5.92 Å². The Morgan fingerprint density at radius 1 is 1.12 bits per heavy atom. The van der Waals surface area contributed by atoms with Crippen LogP contribution in [0.25, 0.3) is 10.8 Å². The van der Waals surface area contributed by atoms with E-state index in [4.69, 9.17) is 4.74 Å². The van der Waals surface area contributed by atoms with Gasteiger partial charge in [0.25, 0.3) is 0 Å². The molecule has 0 heterocycles. The molecule has 2 aromatic carbocycles. The third-order valence-electron chi connectivity index (χ3n) is 5.37. The zero-order valence-corrected chi connectivity index (χ0v) is 15.0. The lowest BCUT2D eigenvalue weighted by atomic mass is 9.78. The Morgan fingerprint density at radius 2 is 1.88 bits per heavy atom. The van der Waals surface area contributed by atoms with Gasteiger partial charge in [0.05, 0.1) is 0 Å². The van der Waals surface area contributed by atoms with E-state index in [1.54, 1.807) is 0 Å². The van der Waals surface area contributed by atoms with E-state index >= 15 is 0 Å². The van der Waals surface area contributed by atoms with Gasteiger partial charge in [0.15, 0.2) is 0 Å². The first kappa shape index (κ1) is 17.9. The molecule has 3 heteroatoms. The molecule has 1 saturated carbocycles. The first-order chi connectivity index (χ1) is 12.1. The summed E-state index contributed by atoms with van der Waals surface area (Å²) in [6.07, 6.45) is 9.97. The Bertz CT molecular complexity index is 743. The number of allylic oxidation sites excluding steroid dienone is 2. The summed E-state index contributed by atoms with van der Waals surface area (Å²) in [5, 5.41) is 1.77. The Morgan fingerprint density at radius 3 is 2.52 bits per heavy atom. The molecule has 0 spiro atoms. The molecule has 3 rings (SSSR count). The van der Waals surface area contributed by atoms with Gasteiger partial charge in [-0.1, -0.05) is 49.4 Å². The highest BCUT2D eigenvalue weighted by atomic mass is 19.3. The molecule has 0 bridgehead atoms. The summed E-state index contributed by atoms with van der Waals surface area (Å²) in [5.41, 5.74) is 2.14. The van der Waals surface area contributed by atoms with E-state index in [1.165, 1.54) is 31.2 Å². The van der Waals surface area contributed by atoms with Gasteiger partial charge >= 0.3 is 6.61 Å². The van der Waals surface area contributed by atoms with Crippen LogP contribution in [-0.4, -0.2) is 6.61 Å². The Hall–Kier alpha value is -1.90. The lowest BCUT2D eigenvalue weighted by Crippen LogP contribution is -2.11. The molecule has 0 amide bonds. The van der Waals surface area contributed by atoms with Crippen molar-refractivity contribution in [3.8, 4) is 5.75 Å². The van der Waals surface area contributed by atoms with Gasteiger partial charge < -0.3 is 4.74 Å². The number of aryl methyl sites for hydroxylation is 1. The highest BCUT2D eigenvalue weighted by Gasteiger charge is 2.21. The number of hydrogen-bond acceptors (Lipinski definition) is 1. The van der Waals surface area contributed by atoms with Gasteiger partial charge in [-0.25, -0.2) is 0 Å². The van der Waals surface area contributed by atoms with Crippen molar-refractivity contribution in [2.45, 2.75) is 58.5 Å². The predicted molar refractivity (Wildman–Crippen MR) is 99.5 cm³/mol. The van der Waals surface area contributed by atoms with E-state index in [9.17, 15) is 8.78 Å². The quantitative estimate of drug-likeness (QED) is 0.539. The summed E-state index contributed by atoms with van der Waals surface area (Å²) in [6.45, 7) is 1.24. The molecule has 134 valence electrons. The summed E-state index contributed by atoms with van der Waals surface area (Å²) >= 11 is 0. The summed E-state index contributed by atoms with van der Waals surface area (Å²) in [5.74, 6) is 1.61. The van der Waals surface area contributed by atoms with Gasteiger partial charge in [-0.3, -0.25) is 0 Å². The van der Waals surface area contributed by atoms with Gasteiger partial charge in [0.2, 0.25) is 0 Å². The molecule has 25 heavy (non-hydrogen) atoms. The van der Waals surface area contributed by atoms with Crippen LogP contribution >= 0.6 is 0 Å². The SMILES string of the molecule is C/C=C/C1CCC(c2ccc3c(OC(F)F)c(CC)ccc3c2)CC1. The zero-order chi connectivity index (χ0) is 17.8. The molecule has 1 nitrogen and oxygen atoms in total. The molecule has 0 aromatic heterocycles. The van der Waals surface area contributed by atoms with E-state index < -0.39 is 6.61 Å². The fourth-order valence-corrected chi connectivity index (χ4v) is 4.04. The summed E-state index contributed by atoms with van der Waals surface area (Å²) in [4.78, 5) is 0. The molecule has 0 unspecified atom stereocenters. The maximum atomic E-state index is 12.8. The van der Waals surface area contributed by atoms with Crippen LogP contribution < -0.4 is 4.74 Å². The normalized spacial score (nSPS) is 21.3. The van der Waals surface area contributed by atoms with E-state index in [0.717, 1.165) is 16.3 Å². The van der Waals surface area contributed by atoms with Gasteiger partial charge in [0.1, 0.15) is 5.75 Å². The van der Waals surface area contributed by atoms with Crippen LogP contribution in [0.5, 0.6) is 5.75 Å². The van der Waals surface area contributed by atoms with Crippen molar-refractivity contribution >= 4 is 10.8 Å². The second kappa shape index (κ2) is 7.99. The van der Waals surface area contributed by atoms with Crippen molar-refractivity contribution in [3.05, 3.63) is 53.6 Å². The Balaban J connectivity index is 1.88. The summed E-state index contributed by atoms with van der Waals surface area (Å²) in [7, 11) is 0. The maximum absolute atomic E-state index is 12.8. The smallest absolute Gasteiger partial charge is 0.387 e. The molecule has 0 N–H and O–H groups in total. The van der Waals surface area contributed by atoms with Gasteiger partial charge in [-0.05, 0) is 67.4 Å². The van der Waals surface area contributed by atoms with Crippen LogP contribution in [0.4, 0.5) is 8.78 Å². The van der Waals surface area contributed by atoms with Gasteiger partial charge in [0, 0.05) is 5.39 Å². The third-order valence-corrected chi connectivity index (χ3v) is 5.37. The molecule has 1 fully saturated rings. The standard InChI is InChI=1S/C22H26F2O/c1-3-5-15-6-8-17(9-7-15)18-12-13-20-19(14-18)11-10-16(4-2)21(20)25-22(23)24/h3,5,10-15,17,22H,4,6-9H2,1-2H3/b5-3+. The average Bonchev–Trinajstić information content (AvgIpc) is 2.62. The average molecular weight is 344 g/mol. The number of ether oxygens (including phenoxy) is 1. The topological polar surface area (TPSA) is 9.23 Å². The monoisotopic (exact) mass is 344 g/mol. The summed E-state index contributed by atoms with van der Waals surface area (Å²) < 4.78 is 30.4. The number of halogens is 2. The van der Waals surface area contributed by atoms with Crippen LogP contribution in [-0.2, 0) is 6.42 Å². The third kappa shape index (κ3) is 4.02. The molecule has 1 aliphatic rings. The molecule has 0 saturated heterocycles. The second-order valence-corrected chi connectivity index (χ2v) is 6.90. The Kier molecular flexibility index (Phi) is 5.72. The summed E-state index contributed by atoms with van der Waals surface area (Å²) in [6, 6.07) is 10.2. The van der Waals surface area contributed by atoms with Crippen LogP contribution in [0.1, 0.15) is 56.6 Å². The van der Waals surface area contributed by atoms with Crippen molar-refractivity contribution in [3.63, 3.8) is 0 Å². The molecular weight excluding hydrogens is 318 g/mol. The minimum Gasteiger partial charge on any atom is -0.434 e. The van der Waals surface area contributed by atoms with Crippen molar-refractivity contribution in [1.82, 2.24) is 0 Å². The van der Waals surface area contributed by atoms with Crippen LogP contribution in [0.15, 0.2) is 42.5 Å². The van der Waals surface area contributed by atoms with Crippen molar-refractivity contribution < 1.29 is 13.5 Å². The second-order valence-electron chi connectivity index (χ2n) is 6.90. The van der Waals surface area contributed by atoms with Crippen LogP contribution in [0, 0.1) is 5.92 Å². The number of fused-ring (bicyclic) bond motifs is 1. The van der Waals surface area contributed by atoms with E-state index in [-0.39, 0.29) is 0 Å². The van der Waals surface area contributed by atoms with Crippen LogP contribution in [0.3, 0.4) is 0 Å². The van der Waals surface area contributed by atoms with Crippen molar-refractivity contribution in [2.75, 3.05) is 0 Å². The fraction of sp³-hybridized carbons (Fsp3) is 0.455. The lowest BCUT2D eigenvalue weighted by Gasteiger charge is -2.27. The molecule has 1 aliphatic carbocycles. The number of rotatable bonds is 5. The minimum atomic E-state index is -2.79. The number of alkyl halides is 2. The Labute approximate surface area is 148 Å². The maximum Gasteiger partial charge on any atom is 0.387 e. The molecule has 2 aromatic rings. The number of hydrogen-bond donors (Lipinski definition) is 0. The predicted octanol–water partition coefficient (Wildman–Crippen LogP) is 6.85. The first-order valence-corrected chi connectivity index (χ1v) is 9.25. The largest absolute Gasteiger partial charge is 0.434 e. The van der Waals surface area contributed by atoms with Gasteiger partial charge in [-0.15, -0.1) is 0 Å². The van der Waals surface area contributed by atoms with E-state index in [0.29, 0.717) is 24.0 Å². The minimum absolute atomic E-state index is 0.332. The molecule has 0 aliphatic heterocycles. The molecule has 0 atom stereocenters. The lowest BCUT2D eigenvalue weighted by molar-refractivity contribution is -0.0493. The van der Waals surface area contributed by atoms with Crippen LogP contribution in [0.2, 0.25) is 0 Å². The number of benzene rings is 2. The highest BCUT2D eigenvalue weighted by Crippen LogP contribution is 2.39. The first-order valence-electron chi connectivity index (χ1n) is 9.25. The van der Waals surface area contributed by atoms with E-state index in [1.807, 2.05) is 25.1 Å². The molecule has 0 radical (unpaired) electrons. The highest BCUT2D eigenvalue weighted by molar-refractivity contribution is 5.90. The molecular formula is C22H26F2O.